The molecule has 1 saturated heterocycles. The van der Waals surface area contributed by atoms with Crippen LogP contribution in [0.2, 0.25) is 0 Å². The molecule has 176 valence electrons. The van der Waals surface area contributed by atoms with E-state index in [4.69, 9.17) is 4.74 Å². The summed E-state index contributed by atoms with van der Waals surface area (Å²) in [6.07, 6.45) is -1.08. The summed E-state index contributed by atoms with van der Waals surface area (Å²) in [4.78, 5) is 41.2. The molecule has 1 aliphatic rings. The molecule has 0 bridgehead atoms. The molecule has 1 heterocycles. The first-order valence-corrected chi connectivity index (χ1v) is 11.1. The normalized spacial score (nSPS) is 17.8. The van der Waals surface area contributed by atoms with Crippen molar-refractivity contribution in [3.05, 3.63) is 65.5 Å². The lowest BCUT2D eigenvalue weighted by atomic mass is 9.99. The minimum absolute atomic E-state index is 0.106. The summed E-state index contributed by atoms with van der Waals surface area (Å²) < 4.78 is 19.0. The van der Waals surface area contributed by atoms with Crippen molar-refractivity contribution < 1.29 is 23.5 Å². The fourth-order valence-electron chi connectivity index (χ4n) is 3.74. The Kier molecular flexibility index (Phi) is 7.68. The Bertz CT molecular complexity index is 1010. The van der Waals surface area contributed by atoms with E-state index in [-0.39, 0.29) is 30.1 Å². The fourth-order valence-corrected chi connectivity index (χ4v) is 3.74. The van der Waals surface area contributed by atoms with E-state index in [2.05, 4.69) is 5.32 Å². The van der Waals surface area contributed by atoms with Gasteiger partial charge in [-0.05, 0) is 48.2 Å². The van der Waals surface area contributed by atoms with Gasteiger partial charge in [0.15, 0.2) is 12.1 Å². The number of rotatable bonds is 8. The second-order valence-corrected chi connectivity index (χ2v) is 8.63. The zero-order valence-corrected chi connectivity index (χ0v) is 19.4. The van der Waals surface area contributed by atoms with Crippen molar-refractivity contribution in [1.82, 2.24) is 9.80 Å². The quantitative estimate of drug-likeness (QED) is 0.642. The average molecular weight is 456 g/mol. The van der Waals surface area contributed by atoms with Gasteiger partial charge in [-0.3, -0.25) is 14.5 Å². The Morgan fingerprint density at radius 3 is 2.52 bits per heavy atom. The molecule has 0 aliphatic carbocycles. The maximum absolute atomic E-state index is 13.3. The number of carbonyl (C=O) groups excluding carboxylic acids is 3. The van der Waals surface area contributed by atoms with Crippen LogP contribution in [0.25, 0.3) is 0 Å². The van der Waals surface area contributed by atoms with E-state index in [1.54, 1.807) is 43.4 Å². The van der Waals surface area contributed by atoms with E-state index in [1.807, 2.05) is 20.8 Å². The van der Waals surface area contributed by atoms with E-state index < -0.39 is 18.2 Å². The summed E-state index contributed by atoms with van der Waals surface area (Å²) in [6.45, 7) is 6.34. The van der Waals surface area contributed by atoms with Crippen molar-refractivity contribution in [3.63, 3.8) is 0 Å². The molecule has 2 unspecified atom stereocenters. The van der Waals surface area contributed by atoms with E-state index in [0.717, 1.165) is 0 Å². The van der Waals surface area contributed by atoms with Gasteiger partial charge in [-0.2, -0.15) is 0 Å². The number of cyclic esters (lactones) is 1. The Labute approximate surface area is 193 Å². The van der Waals surface area contributed by atoms with Crippen LogP contribution in [0.3, 0.4) is 0 Å². The number of amides is 3. The summed E-state index contributed by atoms with van der Waals surface area (Å²) in [5.41, 5.74) is 1.86. The summed E-state index contributed by atoms with van der Waals surface area (Å²) in [6, 6.07) is 11.9. The predicted molar refractivity (Wildman–Crippen MR) is 123 cm³/mol. The van der Waals surface area contributed by atoms with E-state index in [0.29, 0.717) is 29.8 Å². The lowest BCUT2D eigenvalue weighted by Crippen LogP contribution is -2.46. The van der Waals surface area contributed by atoms with Gasteiger partial charge in [0.05, 0.1) is 6.54 Å². The van der Waals surface area contributed by atoms with Crippen LogP contribution in [0.4, 0.5) is 14.9 Å². The molecule has 1 aliphatic heterocycles. The van der Waals surface area contributed by atoms with Gasteiger partial charge < -0.3 is 15.0 Å². The number of ether oxygens (including phenoxy) is 1. The van der Waals surface area contributed by atoms with Gasteiger partial charge in [-0.15, -0.1) is 0 Å². The van der Waals surface area contributed by atoms with Gasteiger partial charge >= 0.3 is 6.09 Å². The van der Waals surface area contributed by atoms with Crippen molar-refractivity contribution >= 4 is 23.6 Å². The van der Waals surface area contributed by atoms with Crippen LogP contribution in [0, 0.1) is 11.7 Å². The number of anilines is 1. The molecule has 8 heteroatoms. The molecular formula is C25H30FN3O4. The molecule has 0 aromatic heterocycles. The maximum atomic E-state index is 13.3. The van der Waals surface area contributed by atoms with E-state index in [1.165, 1.54) is 21.9 Å². The standard InChI is InChI=1S/C25H30FN3O4/c1-5-28(4)24(31)22-23(18-7-6-8-20(14-18)27-21(30)13-16(2)3)33-25(32)29(22)15-17-9-11-19(26)12-10-17/h6-12,14,16,22-23H,5,13,15H2,1-4H3,(H,27,30). The lowest BCUT2D eigenvalue weighted by Gasteiger charge is -2.28. The van der Waals surface area contributed by atoms with Gasteiger partial charge in [-0.1, -0.05) is 38.1 Å². The van der Waals surface area contributed by atoms with Crippen LogP contribution in [-0.4, -0.2) is 47.3 Å². The molecule has 0 saturated carbocycles. The third-order valence-corrected chi connectivity index (χ3v) is 5.55. The fraction of sp³-hybridized carbons (Fsp3) is 0.400. The number of carbonyl (C=O) groups is 3. The number of benzene rings is 2. The third kappa shape index (κ3) is 5.88. The van der Waals surface area contributed by atoms with Crippen LogP contribution < -0.4 is 5.32 Å². The molecular weight excluding hydrogens is 425 g/mol. The zero-order chi connectivity index (χ0) is 24.1. The minimum Gasteiger partial charge on any atom is -0.438 e. The topological polar surface area (TPSA) is 79.0 Å². The Morgan fingerprint density at radius 2 is 1.88 bits per heavy atom. The van der Waals surface area contributed by atoms with Crippen molar-refractivity contribution in [1.29, 1.82) is 0 Å². The van der Waals surface area contributed by atoms with Gasteiger partial charge in [0.25, 0.3) is 0 Å². The monoisotopic (exact) mass is 455 g/mol. The maximum Gasteiger partial charge on any atom is 0.411 e. The highest BCUT2D eigenvalue weighted by molar-refractivity contribution is 5.91. The van der Waals surface area contributed by atoms with Crippen molar-refractivity contribution in [2.45, 2.75) is 45.9 Å². The van der Waals surface area contributed by atoms with Crippen molar-refractivity contribution in [3.8, 4) is 0 Å². The molecule has 0 spiro atoms. The first-order valence-electron chi connectivity index (χ1n) is 11.1. The first-order chi connectivity index (χ1) is 15.7. The summed E-state index contributed by atoms with van der Waals surface area (Å²) in [5.74, 6) is -0.530. The Hall–Kier alpha value is -3.42. The summed E-state index contributed by atoms with van der Waals surface area (Å²) >= 11 is 0. The smallest absolute Gasteiger partial charge is 0.411 e. The molecule has 0 radical (unpaired) electrons. The number of halogens is 1. The van der Waals surface area contributed by atoms with Crippen LogP contribution in [0.5, 0.6) is 0 Å². The van der Waals surface area contributed by atoms with Crippen LogP contribution in [0.15, 0.2) is 48.5 Å². The Balaban J connectivity index is 1.90. The number of hydrogen-bond donors (Lipinski definition) is 1. The van der Waals surface area contributed by atoms with Crippen LogP contribution in [-0.2, 0) is 20.9 Å². The average Bonchev–Trinajstić information content (AvgIpc) is 3.09. The minimum atomic E-state index is -0.894. The molecule has 1 fully saturated rings. The summed E-state index contributed by atoms with van der Waals surface area (Å²) in [7, 11) is 1.67. The van der Waals surface area contributed by atoms with Crippen molar-refractivity contribution in [2.24, 2.45) is 5.92 Å². The number of nitrogens with one attached hydrogen (secondary N) is 1. The highest BCUT2D eigenvalue weighted by Gasteiger charge is 2.47. The Morgan fingerprint density at radius 1 is 1.18 bits per heavy atom. The summed E-state index contributed by atoms with van der Waals surface area (Å²) in [5, 5.41) is 2.86. The highest BCUT2D eigenvalue weighted by atomic mass is 19.1. The second-order valence-electron chi connectivity index (χ2n) is 8.63. The van der Waals surface area contributed by atoms with Gasteiger partial charge in [0.1, 0.15) is 5.82 Å². The lowest BCUT2D eigenvalue weighted by molar-refractivity contribution is -0.135. The molecule has 3 rings (SSSR count). The zero-order valence-electron chi connectivity index (χ0n) is 19.4. The van der Waals surface area contributed by atoms with Gasteiger partial charge in [0, 0.05) is 25.7 Å². The molecule has 2 atom stereocenters. The number of likely N-dealkylation sites (N-methyl/N-ethyl adjacent to an activating group) is 1. The SMILES string of the molecule is CCN(C)C(=O)C1C(c2cccc(NC(=O)CC(C)C)c2)OC(=O)N1Cc1ccc(F)cc1. The largest absolute Gasteiger partial charge is 0.438 e. The number of hydrogen-bond acceptors (Lipinski definition) is 4. The highest BCUT2D eigenvalue weighted by Crippen LogP contribution is 2.35. The molecule has 7 nitrogen and oxygen atoms in total. The number of nitrogens with zero attached hydrogens (tertiary/aromatic N) is 2. The van der Waals surface area contributed by atoms with Crippen LogP contribution >= 0.6 is 0 Å². The predicted octanol–water partition coefficient (Wildman–Crippen LogP) is 4.35. The molecule has 2 aromatic carbocycles. The van der Waals surface area contributed by atoms with Gasteiger partial charge in [-0.25, -0.2) is 9.18 Å². The van der Waals surface area contributed by atoms with Crippen LogP contribution in [0.1, 0.15) is 44.4 Å². The molecule has 1 N–H and O–H groups in total. The van der Waals surface area contributed by atoms with Gasteiger partial charge in [0.2, 0.25) is 11.8 Å². The molecule has 33 heavy (non-hydrogen) atoms. The third-order valence-electron chi connectivity index (χ3n) is 5.55. The first kappa shape index (κ1) is 24.2. The van der Waals surface area contributed by atoms with E-state index in [9.17, 15) is 18.8 Å². The molecule has 2 aromatic rings. The molecule has 3 amide bonds. The van der Waals surface area contributed by atoms with Crippen molar-refractivity contribution in [2.75, 3.05) is 18.9 Å². The second kappa shape index (κ2) is 10.5. The van der Waals surface area contributed by atoms with E-state index >= 15 is 0 Å².